The van der Waals surface area contributed by atoms with Gasteiger partial charge in [0.05, 0.1) is 0 Å². The second-order valence-corrected chi connectivity index (χ2v) is 3.32. The summed E-state index contributed by atoms with van der Waals surface area (Å²) in [6.45, 7) is 0. The van der Waals surface area contributed by atoms with Gasteiger partial charge in [0.2, 0.25) is 0 Å². The van der Waals surface area contributed by atoms with Crippen LogP contribution in [0, 0.1) is 0 Å². The predicted octanol–water partition coefficient (Wildman–Crippen LogP) is 2.38. The van der Waals surface area contributed by atoms with Gasteiger partial charge in [0.25, 0.3) is 0 Å². The average molecular weight is 243 g/mol. The number of ether oxygens (including phenoxy) is 1. The van der Waals surface area contributed by atoms with Crippen molar-refractivity contribution in [2.75, 3.05) is 0 Å². The normalized spacial score (nSPS) is 11.5. The minimum Gasteiger partial charge on any atom is -0.406 e. The lowest BCUT2D eigenvalue weighted by Gasteiger charge is -2.08. The van der Waals surface area contributed by atoms with Crippen molar-refractivity contribution in [1.29, 1.82) is 0 Å². The van der Waals surface area contributed by atoms with Crippen LogP contribution in [0.1, 0.15) is 0 Å². The summed E-state index contributed by atoms with van der Waals surface area (Å²) in [6, 6.07) is 5.52. The molecule has 0 aliphatic heterocycles. The molecular weight excluding hydrogens is 235 g/mol. The van der Waals surface area contributed by atoms with E-state index in [2.05, 4.69) is 14.8 Å². The van der Waals surface area contributed by atoms with E-state index in [0.717, 1.165) is 0 Å². The van der Waals surface area contributed by atoms with E-state index in [9.17, 15) is 13.2 Å². The third-order valence-corrected chi connectivity index (χ3v) is 1.93. The summed E-state index contributed by atoms with van der Waals surface area (Å²) in [6.07, 6.45) is -3.23. The second kappa shape index (κ2) is 4.08. The number of aromatic nitrogens is 3. The van der Waals surface area contributed by atoms with E-state index in [1.165, 1.54) is 29.2 Å². The van der Waals surface area contributed by atoms with Crippen molar-refractivity contribution in [2.24, 2.45) is 7.05 Å². The van der Waals surface area contributed by atoms with Crippen LogP contribution < -0.4 is 4.74 Å². The molecule has 2 aromatic rings. The van der Waals surface area contributed by atoms with Crippen LogP contribution >= 0.6 is 0 Å². The van der Waals surface area contributed by atoms with Crippen LogP contribution in [0.15, 0.2) is 30.6 Å². The SMILES string of the molecule is Cn1cnc(-c2cccc(OC(F)(F)F)c2)n1. The third kappa shape index (κ3) is 2.96. The highest BCUT2D eigenvalue weighted by Gasteiger charge is 2.31. The van der Waals surface area contributed by atoms with E-state index in [0.29, 0.717) is 11.4 Å². The van der Waals surface area contributed by atoms with Crippen molar-refractivity contribution in [3.63, 3.8) is 0 Å². The predicted molar refractivity (Wildman–Crippen MR) is 53.1 cm³/mol. The Labute approximate surface area is 94.7 Å². The lowest BCUT2D eigenvalue weighted by molar-refractivity contribution is -0.274. The maximum atomic E-state index is 12.0. The van der Waals surface area contributed by atoms with Gasteiger partial charge >= 0.3 is 6.36 Å². The maximum absolute atomic E-state index is 12.0. The second-order valence-electron chi connectivity index (χ2n) is 3.32. The van der Waals surface area contributed by atoms with Gasteiger partial charge in [0.15, 0.2) is 5.82 Å². The zero-order chi connectivity index (χ0) is 12.5. The van der Waals surface area contributed by atoms with Gasteiger partial charge in [-0.25, -0.2) is 4.98 Å². The number of nitrogens with zero attached hydrogens (tertiary/aromatic N) is 3. The molecule has 0 aliphatic carbocycles. The Balaban J connectivity index is 2.29. The minimum absolute atomic E-state index is 0.289. The highest BCUT2D eigenvalue weighted by Crippen LogP contribution is 2.26. The fraction of sp³-hybridized carbons (Fsp3) is 0.200. The molecule has 2 rings (SSSR count). The Bertz CT molecular complexity index is 522. The van der Waals surface area contributed by atoms with Crippen LogP contribution in [0.4, 0.5) is 13.2 Å². The molecule has 0 atom stereocenters. The maximum Gasteiger partial charge on any atom is 0.573 e. The zero-order valence-electron chi connectivity index (χ0n) is 8.77. The summed E-state index contributed by atoms with van der Waals surface area (Å²) >= 11 is 0. The van der Waals surface area contributed by atoms with Crippen molar-refractivity contribution >= 4 is 0 Å². The number of rotatable bonds is 2. The first-order valence-electron chi connectivity index (χ1n) is 4.66. The van der Waals surface area contributed by atoms with E-state index in [4.69, 9.17) is 0 Å². The first kappa shape index (κ1) is 11.4. The quantitative estimate of drug-likeness (QED) is 0.813. The van der Waals surface area contributed by atoms with Crippen LogP contribution in [0.5, 0.6) is 5.75 Å². The van der Waals surface area contributed by atoms with Gasteiger partial charge in [-0.05, 0) is 12.1 Å². The van der Waals surface area contributed by atoms with Crippen molar-refractivity contribution < 1.29 is 17.9 Å². The van der Waals surface area contributed by atoms with Gasteiger partial charge in [-0.15, -0.1) is 13.2 Å². The molecule has 1 aromatic carbocycles. The van der Waals surface area contributed by atoms with Gasteiger partial charge in [-0.1, -0.05) is 12.1 Å². The summed E-state index contributed by atoms with van der Waals surface area (Å²) in [7, 11) is 1.67. The molecule has 0 unspecified atom stereocenters. The van der Waals surface area contributed by atoms with Crippen LogP contribution in [-0.4, -0.2) is 21.1 Å². The van der Waals surface area contributed by atoms with Crippen LogP contribution in [0.3, 0.4) is 0 Å². The molecule has 4 nitrogen and oxygen atoms in total. The fourth-order valence-electron chi connectivity index (χ4n) is 1.30. The summed E-state index contributed by atoms with van der Waals surface area (Å²) < 4.78 is 41.3. The van der Waals surface area contributed by atoms with Crippen molar-refractivity contribution in [2.45, 2.75) is 6.36 Å². The molecule has 0 spiro atoms. The van der Waals surface area contributed by atoms with Crippen LogP contribution in [0.2, 0.25) is 0 Å². The third-order valence-electron chi connectivity index (χ3n) is 1.93. The minimum atomic E-state index is -4.70. The molecule has 90 valence electrons. The smallest absolute Gasteiger partial charge is 0.406 e. The Kier molecular flexibility index (Phi) is 2.74. The number of aryl methyl sites for hydroxylation is 1. The molecule has 0 bridgehead atoms. The van der Waals surface area contributed by atoms with Crippen LogP contribution in [0.25, 0.3) is 11.4 Å². The highest BCUT2D eigenvalue weighted by molar-refractivity contribution is 5.56. The van der Waals surface area contributed by atoms with Crippen molar-refractivity contribution in [3.8, 4) is 17.1 Å². The zero-order valence-corrected chi connectivity index (χ0v) is 8.77. The molecule has 0 N–H and O–H groups in total. The molecule has 1 aromatic heterocycles. The average Bonchev–Trinajstić information content (AvgIpc) is 2.63. The molecule has 17 heavy (non-hydrogen) atoms. The summed E-state index contributed by atoms with van der Waals surface area (Å²) in [5.74, 6) is 0.0579. The number of alkyl halides is 3. The molecular formula is C10H8F3N3O. The van der Waals surface area contributed by atoms with Gasteiger partial charge < -0.3 is 4.74 Å². The molecule has 0 saturated carbocycles. The summed E-state index contributed by atoms with van der Waals surface area (Å²) in [5, 5.41) is 3.99. The van der Waals surface area contributed by atoms with Crippen molar-refractivity contribution in [1.82, 2.24) is 14.8 Å². The Morgan fingerprint density at radius 3 is 2.65 bits per heavy atom. The largest absolute Gasteiger partial charge is 0.573 e. The summed E-state index contributed by atoms with van der Waals surface area (Å²) in [4.78, 5) is 3.94. The monoisotopic (exact) mass is 243 g/mol. The lowest BCUT2D eigenvalue weighted by Crippen LogP contribution is -2.17. The molecule has 0 radical (unpaired) electrons. The Morgan fingerprint density at radius 1 is 1.29 bits per heavy atom. The molecule has 0 saturated heterocycles. The molecule has 7 heteroatoms. The van der Waals surface area contributed by atoms with E-state index in [1.54, 1.807) is 13.1 Å². The topological polar surface area (TPSA) is 39.9 Å². The lowest BCUT2D eigenvalue weighted by atomic mass is 10.2. The molecule has 1 heterocycles. The van der Waals surface area contributed by atoms with Gasteiger partial charge in [-0.3, -0.25) is 4.68 Å². The van der Waals surface area contributed by atoms with Gasteiger partial charge in [-0.2, -0.15) is 5.10 Å². The number of hydrogen-bond acceptors (Lipinski definition) is 3. The van der Waals surface area contributed by atoms with E-state index in [1.807, 2.05) is 0 Å². The number of hydrogen-bond donors (Lipinski definition) is 0. The summed E-state index contributed by atoms with van der Waals surface area (Å²) in [5.41, 5.74) is 0.465. The fourth-order valence-corrected chi connectivity index (χ4v) is 1.30. The van der Waals surface area contributed by atoms with Crippen LogP contribution in [-0.2, 0) is 7.05 Å². The van der Waals surface area contributed by atoms with Gasteiger partial charge in [0, 0.05) is 12.6 Å². The molecule has 0 fully saturated rings. The van der Waals surface area contributed by atoms with E-state index in [-0.39, 0.29) is 5.75 Å². The first-order valence-corrected chi connectivity index (χ1v) is 4.66. The first-order chi connectivity index (χ1) is 7.94. The van der Waals surface area contributed by atoms with Gasteiger partial charge in [0.1, 0.15) is 12.1 Å². The number of halogens is 3. The molecule has 0 aliphatic rings. The Morgan fingerprint density at radius 2 is 2.06 bits per heavy atom. The number of benzene rings is 1. The highest BCUT2D eigenvalue weighted by atomic mass is 19.4. The Hall–Kier alpha value is -2.05. The van der Waals surface area contributed by atoms with E-state index >= 15 is 0 Å². The van der Waals surface area contributed by atoms with Crippen molar-refractivity contribution in [3.05, 3.63) is 30.6 Å². The van der Waals surface area contributed by atoms with E-state index < -0.39 is 6.36 Å². The standard InChI is InChI=1S/C10H8F3N3O/c1-16-6-14-9(15-16)7-3-2-4-8(5-7)17-10(11,12)13/h2-6H,1H3. The molecule has 0 amide bonds.